The summed E-state index contributed by atoms with van der Waals surface area (Å²) in [5.41, 5.74) is 9.38. The molecule has 1 aliphatic heterocycles. The van der Waals surface area contributed by atoms with Crippen molar-refractivity contribution in [3.8, 4) is 16.9 Å². The van der Waals surface area contributed by atoms with Gasteiger partial charge in [0.15, 0.2) is 0 Å². The van der Waals surface area contributed by atoms with Gasteiger partial charge in [0.1, 0.15) is 11.4 Å². The van der Waals surface area contributed by atoms with Crippen LogP contribution in [0.25, 0.3) is 32.9 Å². The molecule has 7 rings (SSSR count). The molecule has 50 heavy (non-hydrogen) atoms. The molecule has 3 aromatic carbocycles. The van der Waals surface area contributed by atoms with Crippen LogP contribution in [0.3, 0.4) is 0 Å². The quantitative estimate of drug-likeness (QED) is 0.159. The number of carbonyl (C=O) groups is 2. The lowest BCUT2D eigenvalue weighted by Crippen LogP contribution is -2.43. The second-order valence-electron chi connectivity index (χ2n) is 13.4. The normalized spacial score (nSPS) is 14.6. The van der Waals surface area contributed by atoms with Crippen LogP contribution in [-0.4, -0.2) is 49.0 Å². The predicted octanol–water partition coefficient (Wildman–Crippen LogP) is 9.01. The second-order valence-corrected chi connectivity index (χ2v) is 14.2. The molecule has 1 amide bonds. The number of hydrogen-bond donors (Lipinski definition) is 1. The molecule has 1 unspecified atom stereocenters. The van der Waals surface area contributed by atoms with Gasteiger partial charge in [-0.05, 0) is 101 Å². The van der Waals surface area contributed by atoms with Crippen molar-refractivity contribution < 1.29 is 19.4 Å². The number of fused-ring (bicyclic) bond motifs is 4. The molecule has 0 saturated heterocycles. The Morgan fingerprint density at radius 3 is 2.38 bits per heavy atom. The molecule has 258 valence electrons. The molecule has 4 heterocycles. The number of carboxylic acids is 1. The zero-order valence-corrected chi connectivity index (χ0v) is 30.7. The fraction of sp³-hybridized carbons (Fsp3) is 0.308. The summed E-state index contributed by atoms with van der Waals surface area (Å²) in [6.07, 6.45) is 3.10. The van der Waals surface area contributed by atoms with Crippen LogP contribution in [0.4, 0.5) is 5.69 Å². The molecule has 0 aliphatic carbocycles. The van der Waals surface area contributed by atoms with Crippen molar-refractivity contribution in [2.45, 2.75) is 53.5 Å². The Hall–Kier alpha value is -4.73. The summed E-state index contributed by atoms with van der Waals surface area (Å²) in [6.45, 7) is 10.8. The van der Waals surface area contributed by atoms with E-state index in [0.717, 1.165) is 71.8 Å². The van der Waals surface area contributed by atoms with E-state index >= 15 is 0 Å². The number of nitrogens with zero attached hydrogens (tertiary/aromatic N) is 5. The SMILES string of the molecule is Cc1cc(OCCCc2c3n(c4c(-c5c(C)nn(C)c5C)c(Cl)ccc24)C(C)CN(c2cc(C(=O)O)cc4c2ccn4C)C3=O)cc(C)c1Cl. The third kappa shape index (κ3) is 5.34. The Bertz CT molecular complexity index is 2360. The lowest BCUT2D eigenvalue weighted by atomic mass is 9.98. The number of aromatic nitrogens is 4. The van der Waals surface area contributed by atoms with Gasteiger partial charge in [-0.25, -0.2) is 4.79 Å². The Balaban J connectivity index is 1.39. The average molecular weight is 713 g/mol. The first-order valence-corrected chi connectivity index (χ1v) is 17.4. The fourth-order valence-corrected chi connectivity index (χ4v) is 7.99. The van der Waals surface area contributed by atoms with Gasteiger partial charge in [0.05, 0.1) is 39.6 Å². The van der Waals surface area contributed by atoms with E-state index in [2.05, 4.69) is 11.5 Å². The van der Waals surface area contributed by atoms with Crippen molar-refractivity contribution in [2.75, 3.05) is 18.1 Å². The van der Waals surface area contributed by atoms with E-state index < -0.39 is 5.97 Å². The molecule has 0 spiro atoms. The number of ether oxygens (including phenoxy) is 1. The van der Waals surface area contributed by atoms with Gasteiger partial charge in [-0.2, -0.15) is 5.10 Å². The fourth-order valence-electron chi connectivity index (χ4n) is 7.64. The molecule has 11 heteroatoms. The zero-order chi connectivity index (χ0) is 35.8. The maximum Gasteiger partial charge on any atom is 0.335 e. The van der Waals surface area contributed by atoms with Crippen LogP contribution in [0.15, 0.2) is 48.7 Å². The molecule has 6 aromatic rings. The smallest absolute Gasteiger partial charge is 0.335 e. The van der Waals surface area contributed by atoms with E-state index in [1.807, 2.05) is 87.6 Å². The predicted molar refractivity (Wildman–Crippen MR) is 200 cm³/mol. The summed E-state index contributed by atoms with van der Waals surface area (Å²) in [5, 5.41) is 17.8. The van der Waals surface area contributed by atoms with E-state index in [1.54, 1.807) is 17.0 Å². The molecular formula is C39H39Cl2N5O4. The third-order valence-electron chi connectivity index (χ3n) is 10.1. The molecule has 0 bridgehead atoms. The lowest BCUT2D eigenvalue weighted by molar-refractivity contribution is 0.0696. The summed E-state index contributed by atoms with van der Waals surface area (Å²) < 4.78 is 12.1. The number of anilines is 1. The standard InChI is InChI=1S/C39H39Cl2N5O4/c1-20-15-26(16-21(2)35(20)41)50-14-8-9-27-28-10-11-30(40)34(33-23(4)42-44(7)24(33)5)36(28)46-22(3)19-45(38(47)37(27)46)32-18-25(39(48)49)17-31-29(32)12-13-43(31)6/h10-13,15-18,22H,8-9,14,19H2,1-7H3,(H,48,49). The number of carbonyl (C=O) groups excluding carboxylic acids is 1. The first-order valence-electron chi connectivity index (χ1n) is 16.7. The highest BCUT2D eigenvalue weighted by Gasteiger charge is 2.37. The van der Waals surface area contributed by atoms with Gasteiger partial charge in [0.25, 0.3) is 5.91 Å². The monoisotopic (exact) mass is 711 g/mol. The van der Waals surface area contributed by atoms with Crippen molar-refractivity contribution in [1.29, 1.82) is 0 Å². The maximum atomic E-state index is 15.0. The van der Waals surface area contributed by atoms with Crippen LogP contribution in [0.2, 0.25) is 10.0 Å². The highest BCUT2D eigenvalue weighted by atomic mass is 35.5. The van der Waals surface area contributed by atoms with Crippen LogP contribution in [0.1, 0.15) is 68.3 Å². The number of rotatable bonds is 8. The number of halogens is 2. The molecule has 9 nitrogen and oxygen atoms in total. The first-order chi connectivity index (χ1) is 23.8. The van der Waals surface area contributed by atoms with E-state index in [0.29, 0.717) is 42.4 Å². The highest BCUT2D eigenvalue weighted by Crippen LogP contribution is 2.45. The molecular weight excluding hydrogens is 673 g/mol. The molecule has 1 N–H and O–H groups in total. The van der Waals surface area contributed by atoms with E-state index in [1.165, 1.54) is 0 Å². The highest BCUT2D eigenvalue weighted by molar-refractivity contribution is 6.35. The molecule has 3 aromatic heterocycles. The number of hydrogen-bond acceptors (Lipinski definition) is 4. The molecule has 1 aliphatic rings. The molecule has 0 fully saturated rings. The second kappa shape index (κ2) is 12.5. The van der Waals surface area contributed by atoms with Gasteiger partial charge in [0.2, 0.25) is 0 Å². The van der Waals surface area contributed by atoms with Crippen LogP contribution < -0.4 is 9.64 Å². The van der Waals surface area contributed by atoms with Crippen LogP contribution in [-0.2, 0) is 20.5 Å². The summed E-state index contributed by atoms with van der Waals surface area (Å²) in [5.74, 6) is -0.478. The Kier molecular flexibility index (Phi) is 8.47. The van der Waals surface area contributed by atoms with Crippen LogP contribution in [0, 0.1) is 27.7 Å². The van der Waals surface area contributed by atoms with Gasteiger partial charge >= 0.3 is 5.97 Å². The molecule has 0 saturated carbocycles. The van der Waals surface area contributed by atoms with Crippen LogP contribution >= 0.6 is 23.2 Å². The number of carboxylic acid groups (broad SMARTS) is 1. The molecule has 1 atom stereocenters. The minimum atomic E-state index is -1.05. The first kappa shape index (κ1) is 33.8. The van der Waals surface area contributed by atoms with Gasteiger partial charge < -0.3 is 23.9 Å². The van der Waals surface area contributed by atoms with Gasteiger partial charge in [-0.15, -0.1) is 0 Å². The maximum absolute atomic E-state index is 15.0. The van der Waals surface area contributed by atoms with Crippen molar-refractivity contribution in [3.63, 3.8) is 0 Å². The van der Waals surface area contributed by atoms with Gasteiger partial charge in [0, 0.05) is 65.5 Å². The lowest BCUT2D eigenvalue weighted by Gasteiger charge is -2.35. The van der Waals surface area contributed by atoms with Crippen LogP contribution in [0.5, 0.6) is 5.75 Å². The summed E-state index contributed by atoms with van der Waals surface area (Å²) in [6, 6.07) is 12.8. The van der Waals surface area contributed by atoms with Gasteiger partial charge in [-0.3, -0.25) is 9.48 Å². The largest absolute Gasteiger partial charge is 0.494 e. The van der Waals surface area contributed by atoms with Crippen molar-refractivity contribution in [2.24, 2.45) is 14.1 Å². The summed E-state index contributed by atoms with van der Waals surface area (Å²) >= 11 is 13.5. The van der Waals surface area contributed by atoms with E-state index in [-0.39, 0.29) is 17.5 Å². The Morgan fingerprint density at radius 2 is 1.72 bits per heavy atom. The van der Waals surface area contributed by atoms with E-state index in [9.17, 15) is 14.7 Å². The number of aromatic carboxylic acids is 1. The Morgan fingerprint density at radius 1 is 1.00 bits per heavy atom. The van der Waals surface area contributed by atoms with Gasteiger partial charge in [-0.1, -0.05) is 29.3 Å². The molecule has 0 radical (unpaired) electrons. The number of amides is 1. The minimum Gasteiger partial charge on any atom is -0.494 e. The van der Waals surface area contributed by atoms with Crippen molar-refractivity contribution >= 4 is 62.6 Å². The zero-order valence-electron chi connectivity index (χ0n) is 29.2. The van der Waals surface area contributed by atoms with E-state index in [4.69, 9.17) is 33.0 Å². The Labute approximate surface area is 300 Å². The van der Waals surface area contributed by atoms with Crippen molar-refractivity contribution in [3.05, 3.63) is 98.0 Å². The topological polar surface area (TPSA) is 94.5 Å². The number of benzene rings is 3. The number of aryl methyl sites for hydroxylation is 6. The van der Waals surface area contributed by atoms with Crippen molar-refractivity contribution in [1.82, 2.24) is 18.9 Å². The summed E-state index contributed by atoms with van der Waals surface area (Å²) in [4.78, 5) is 29.0. The third-order valence-corrected chi connectivity index (χ3v) is 11.0. The summed E-state index contributed by atoms with van der Waals surface area (Å²) in [7, 11) is 3.79. The average Bonchev–Trinajstić information content (AvgIpc) is 3.70. The minimum absolute atomic E-state index is 0.127.